The molecule has 0 spiro atoms. The van der Waals surface area contributed by atoms with Crippen molar-refractivity contribution in [2.24, 2.45) is 11.8 Å². The minimum atomic E-state index is 0.108. The Morgan fingerprint density at radius 1 is 0.458 bits per heavy atom. The Kier molecular flexibility index (Phi) is 3.98. The van der Waals surface area contributed by atoms with Crippen LogP contribution in [-0.4, -0.2) is 20.4 Å². The molecular formula is C44H32N2O2. The van der Waals surface area contributed by atoms with Gasteiger partial charge in [-0.25, -0.2) is 0 Å². The number of nitrogens with zero attached hydrogens (tertiary/aromatic N) is 2. The van der Waals surface area contributed by atoms with Crippen molar-refractivity contribution in [3.63, 3.8) is 0 Å². The van der Waals surface area contributed by atoms with Gasteiger partial charge in [-0.15, -0.1) is 0 Å². The van der Waals surface area contributed by atoms with Crippen molar-refractivity contribution in [2.75, 3.05) is 0 Å². The fraction of sp³-hybridized carbons (Fsp3) is 0.273. The second-order valence-electron chi connectivity index (χ2n) is 15.5. The van der Waals surface area contributed by atoms with Crippen LogP contribution in [0.25, 0.3) is 76.2 Å². The van der Waals surface area contributed by atoms with Crippen molar-refractivity contribution in [1.82, 2.24) is 8.80 Å². The molecule has 4 aromatic heterocycles. The van der Waals surface area contributed by atoms with Crippen LogP contribution in [0.2, 0.25) is 0 Å². The summed E-state index contributed by atoms with van der Waals surface area (Å²) in [4.78, 5) is 27.7. The summed E-state index contributed by atoms with van der Waals surface area (Å²) in [5, 5.41) is 8.01. The maximum Gasteiger partial charge on any atom is 0.166 e. The highest BCUT2D eigenvalue weighted by Gasteiger charge is 2.37. The van der Waals surface area contributed by atoms with E-state index in [4.69, 9.17) is 0 Å². The van der Waals surface area contributed by atoms with E-state index in [1.165, 1.54) is 11.1 Å². The van der Waals surface area contributed by atoms with Crippen LogP contribution in [0.5, 0.6) is 0 Å². The monoisotopic (exact) mass is 622 g/mol. The lowest BCUT2D eigenvalue weighted by Crippen LogP contribution is -2.15. The molecule has 0 N–H and O–H groups in total. The van der Waals surface area contributed by atoms with Crippen molar-refractivity contribution < 1.29 is 12.3 Å². The maximum atomic E-state index is 13.9. The summed E-state index contributed by atoms with van der Waals surface area (Å²) in [6.07, 6.45) is 8.19. The van der Waals surface area contributed by atoms with E-state index in [1.807, 2.05) is 0 Å². The number of carbonyl (C=O) groups excluding carboxylic acids is 2. The number of hydrogen-bond acceptors (Lipinski definition) is 2. The summed E-state index contributed by atoms with van der Waals surface area (Å²) in [6, 6.07) is 22.4. The lowest BCUT2D eigenvalue weighted by Gasteiger charge is -2.22. The predicted molar refractivity (Wildman–Crippen MR) is 194 cm³/mol. The van der Waals surface area contributed by atoms with Crippen LogP contribution in [0.3, 0.4) is 0 Å². The molecule has 0 unspecified atom stereocenters. The van der Waals surface area contributed by atoms with Crippen molar-refractivity contribution in [1.29, 1.82) is 0 Å². The first-order chi connectivity index (χ1) is 24.5. The number of aromatic nitrogens is 2. The molecule has 4 heterocycles. The largest absolute Gasteiger partial charge is 0.308 e. The first-order valence-corrected chi connectivity index (χ1v) is 18.0. The van der Waals surface area contributed by atoms with E-state index >= 15 is 0 Å². The van der Waals surface area contributed by atoms with Crippen molar-refractivity contribution in [2.45, 2.75) is 63.2 Å². The second-order valence-corrected chi connectivity index (χ2v) is 15.5. The van der Waals surface area contributed by atoms with Crippen LogP contribution in [0, 0.1) is 11.8 Å². The van der Waals surface area contributed by atoms with Crippen LogP contribution >= 0.6 is 0 Å². The van der Waals surface area contributed by atoms with Crippen molar-refractivity contribution >= 4 is 87.8 Å². The molecule has 6 aliphatic carbocycles. The van der Waals surface area contributed by atoms with Gasteiger partial charge in [-0.2, -0.15) is 0 Å². The normalized spacial score (nSPS) is 24.7. The number of Topliss-reactive ketones (excluding diaryl/α,β-unsaturated/α-hetero) is 2. The van der Waals surface area contributed by atoms with E-state index in [9.17, 15) is 12.3 Å². The van der Waals surface area contributed by atoms with Crippen LogP contribution in [0.1, 0.15) is 97.8 Å². The standard InChI is InChI=1S/C44H32N2O2/c47-43-23-11-7-21(8-12-23)29-15-31-25-3-1-5-27-33-17-38-34(18-37(33)45(41(25)27)39(31)19-35(29)43)28-6-2-4-26-32-16-30-22-9-13-24(14-10-22)44(48)36(30)20-40(32)46(38)42(26)28/h1-6,15-24H,7-14H2/i17D,18D. The topological polar surface area (TPSA) is 43.0 Å². The van der Waals surface area contributed by atoms with Crippen molar-refractivity contribution in [3.8, 4) is 0 Å². The molecule has 0 atom stereocenters. The third-order valence-electron chi connectivity index (χ3n) is 13.5. The van der Waals surface area contributed by atoms with Crippen LogP contribution in [0.4, 0.5) is 0 Å². The summed E-state index contributed by atoms with van der Waals surface area (Å²) in [7, 11) is 0. The SMILES string of the molecule is [2H]c1c2c3cccc4c5cc6c(cc5n(c2c([2H])c2c5cccc7c8cc9c(cc8n(c12)c75)C(=O)C1CCC9CC1)c43)C(=O)C1CCC6CC1. The first-order valence-electron chi connectivity index (χ1n) is 19.0. The third kappa shape index (κ3) is 2.74. The molecule has 230 valence electrons. The highest BCUT2D eigenvalue weighted by Crippen LogP contribution is 2.50. The Labute approximate surface area is 278 Å². The van der Waals surface area contributed by atoms with E-state index in [2.05, 4.69) is 69.5 Å². The molecule has 2 fully saturated rings. The van der Waals surface area contributed by atoms with E-state index < -0.39 is 0 Å². The van der Waals surface area contributed by atoms with E-state index in [1.54, 1.807) is 0 Å². The Morgan fingerprint density at radius 2 is 0.833 bits per heavy atom. The van der Waals surface area contributed by atoms with Gasteiger partial charge in [0.1, 0.15) is 0 Å². The smallest absolute Gasteiger partial charge is 0.166 e. The minimum absolute atomic E-state index is 0.108. The molecular weight excluding hydrogens is 588 g/mol. The average molecular weight is 623 g/mol. The van der Waals surface area contributed by atoms with Gasteiger partial charge >= 0.3 is 0 Å². The zero-order chi connectivity index (χ0) is 32.9. The number of para-hydroxylation sites is 2. The lowest BCUT2D eigenvalue weighted by molar-refractivity contribution is 0.0891. The Hall–Kier alpha value is -4.96. The summed E-state index contributed by atoms with van der Waals surface area (Å²) in [6.45, 7) is 0. The molecule has 4 nitrogen and oxygen atoms in total. The summed E-state index contributed by atoms with van der Waals surface area (Å²) >= 11 is 0. The van der Waals surface area contributed by atoms with Gasteiger partial charge in [-0.1, -0.05) is 36.4 Å². The van der Waals surface area contributed by atoms with Gasteiger partial charge in [0, 0.05) is 66.1 Å². The van der Waals surface area contributed by atoms with E-state index in [0.717, 1.165) is 139 Å². The molecule has 6 aliphatic rings. The van der Waals surface area contributed by atoms with Gasteiger partial charge in [0.2, 0.25) is 0 Å². The zero-order valence-electron chi connectivity index (χ0n) is 28.5. The highest BCUT2D eigenvalue weighted by molar-refractivity contribution is 6.29. The number of benzene rings is 5. The zero-order valence-corrected chi connectivity index (χ0v) is 26.5. The molecule has 5 aromatic carbocycles. The van der Waals surface area contributed by atoms with E-state index in [-0.39, 0.29) is 23.4 Å². The summed E-state index contributed by atoms with van der Waals surface area (Å²) in [5.74, 6) is 1.62. The number of carbonyl (C=O) groups is 2. The molecule has 0 amide bonds. The van der Waals surface area contributed by atoms with Crippen LogP contribution in [0.15, 0.2) is 72.7 Å². The predicted octanol–water partition coefficient (Wildman–Crippen LogP) is 10.9. The summed E-state index contributed by atoms with van der Waals surface area (Å²) < 4.78 is 24.4. The molecule has 0 saturated heterocycles. The van der Waals surface area contributed by atoms with Gasteiger partial charge in [0.25, 0.3) is 0 Å². The van der Waals surface area contributed by atoms with E-state index in [0.29, 0.717) is 23.9 Å². The maximum absolute atomic E-state index is 13.9. The fourth-order valence-electron chi connectivity index (χ4n) is 11.2. The molecule has 0 radical (unpaired) electrons. The Bertz CT molecular complexity index is 2870. The van der Waals surface area contributed by atoms with Gasteiger partial charge < -0.3 is 8.80 Å². The number of rotatable bonds is 0. The number of hydrogen-bond donors (Lipinski definition) is 0. The van der Waals surface area contributed by atoms with Gasteiger partial charge in [0.05, 0.1) is 35.8 Å². The van der Waals surface area contributed by atoms with Gasteiger partial charge in [-0.05, 0) is 111 Å². The van der Waals surface area contributed by atoms with Crippen LogP contribution in [-0.2, 0) is 0 Å². The first kappa shape index (κ1) is 23.4. The Morgan fingerprint density at radius 3 is 1.25 bits per heavy atom. The summed E-state index contributed by atoms with van der Waals surface area (Å²) in [5.41, 5.74) is 9.61. The molecule has 0 aliphatic heterocycles. The highest BCUT2D eigenvalue weighted by atomic mass is 16.1. The quantitative estimate of drug-likeness (QED) is 0.169. The lowest BCUT2D eigenvalue weighted by atomic mass is 9.82. The molecule has 2 saturated carbocycles. The number of fused-ring (bicyclic) bond motifs is 16. The average Bonchev–Trinajstić information content (AvgIpc) is 3.80. The Balaban J connectivity index is 1.21. The molecule has 15 rings (SSSR count). The second kappa shape index (κ2) is 8.18. The minimum Gasteiger partial charge on any atom is -0.308 e. The number of ketones is 2. The van der Waals surface area contributed by atoms with Gasteiger partial charge in [0.15, 0.2) is 11.6 Å². The van der Waals surface area contributed by atoms with Crippen LogP contribution < -0.4 is 0 Å². The molecule has 4 bridgehead atoms. The van der Waals surface area contributed by atoms with Crippen molar-refractivity contribution in [3.05, 3.63) is 95.0 Å². The van der Waals surface area contributed by atoms with Gasteiger partial charge in [-0.3, -0.25) is 9.59 Å². The third-order valence-corrected chi connectivity index (χ3v) is 13.5. The molecule has 9 aromatic rings. The fourth-order valence-corrected chi connectivity index (χ4v) is 11.2. The molecule has 4 heteroatoms. The molecule has 48 heavy (non-hydrogen) atoms.